The van der Waals surface area contributed by atoms with Crippen molar-refractivity contribution in [1.29, 1.82) is 0 Å². The zero-order valence-electron chi connectivity index (χ0n) is 10.6. The average Bonchev–Trinajstić information content (AvgIpc) is 2.28. The number of carbonyl (C=O) groups excluding carboxylic acids is 1. The van der Waals surface area contributed by atoms with Gasteiger partial charge in [-0.1, -0.05) is 0 Å². The second-order valence-corrected chi connectivity index (χ2v) is 4.14. The van der Waals surface area contributed by atoms with Crippen molar-refractivity contribution in [2.24, 2.45) is 5.84 Å². The largest absolute Gasteiger partial charge is 0.336 e. The summed E-state index contributed by atoms with van der Waals surface area (Å²) >= 11 is 0. The van der Waals surface area contributed by atoms with Crippen LogP contribution in [0.4, 0.5) is 14.5 Å². The van der Waals surface area contributed by atoms with Gasteiger partial charge in [0.15, 0.2) is 11.6 Å². The minimum atomic E-state index is -0.888. The SMILES string of the molecule is CCN(C(=O)c1cc(F)c(NN)c(F)c1)C(C)C. The fourth-order valence-electron chi connectivity index (χ4n) is 1.74. The van der Waals surface area contributed by atoms with Crippen LogP contribution in [-0.4, -0.2) is 23.4 Å². The Balaban J connectivity index is 3.15. The summed E-state index contributed by atoms with van der Waals surface area (Å²) < 4.78 is 27.0. The summed E-state index contributed by atoms with van der Waals surface area (Å²) in [4.78, 5) is 13.6. The number of nitrogens with zero attached hydrogens (tertiary/aromatic N) is 1. The van der Waals surface area contributed by atoms with Crippen molar-refractivity contribution in [2.75, 3.05) is 12.0 Å². The number of amides is 1. The van der Waals surface area contributed by atoms with Gasteiger partial charge in [0.25, 0.3) is 5.91 Å². The van der Waals surface area contributed by atoms with E-state index in [1.54, 1.807) is 6.92 Å². The molecule has 0 saturated heterocycles. The van der Waals surface area contributed by atoms with Gasteiger partial charge in [-0.3, -0.25) is 10.6 Å². The Morgan fingerprint density at radius 3 is 2.22 bits per heavy atom. The molecule has 1 rings (SSSR count). The lowest BCUT2D eigenvalue weighted by Crippen LogP contribution is -2.36. The minimum absolute atomic E-state index is 0.0282. The zero-order chi connectivity index (χ0) is 13.9. The molecule has 0 saturated carbocycles. The molecular formula is C12H17F2N3O. The summed E-state index contributed by atoms with van der Waals surface area (Å²) in [5.41, 5.74) is 1.45. The van der Waals surface area contributed by atoms with E-state index in [-0.39, 0.29) is 11.6 Å². The highest BCUT2D eigenvalue weighted by Crippen LogP contribution is 2.21. The molecule has 0 aliphatic carbocycles. The first kappa shape index (κ1) is 14.4. The maximum absolute atomic E-state index is 13.5. The van der Waals surface area contributed by atoms with E-state index in [2.05, 4.69) is 0 Å². The predicted molar refractivity (Wildman–Crippen MR) is 66.0 cm³/mol. The first-order valence-electron chi connectivity index (χ1n) is 5.69. The molecule has 3 N–H and O–H groups in total. The molecule has 0 aliphatic heterocycles. The van der Waals surface area contributed by atoms with Crippen LogP contribution >= 0.6 is 0 Å². The van der Waals surface area contributed by atoms with Gasteiger partial charge in [-0.15, -0.1) is 0 Å². The van der Waals surface area contributed by atoms with Gasteiger partial charge in [-0.2, -0.15) is 0 Å². The molecule has 1 aromatic carbocycles. The molecule has 0 fully saturated rings. The molecule has 6 heteroatoms. The molecule has 0 aromatic heterocycles. The highest BCUT2D eigenvalue weighted by atomic mass is 19.1. The van der Waals surface area contributed by atoms with Gasteiger partial charge in [0.05, 0.1) is 0 Å². The molecule has 1 aromatic rings. The fraction of sp³-hybridized carbons (Fsp3) is 0.417. The third-order valence-corrected chi connectivity index (χ3v) is 2.66. The van der Waals surface area contributed by atoms with Gasteiger partial charge in [-0.05, 0) is 32.9 Å². The zero-order valence-corrected chi connectivity index (χ0v) is 10.6. The summed E-state index contributed by atoms with van der Waals surface area (Å²) in [5, 5.41) is 0. The standard InChI is InChI=1S/C12H17F2N3O/c1-4-17(7(2)3)12(18)8-5-9(13)11(16-15)10(14)6-8/h5-7,16H,4,15H2,1-3H3. The molecular weight excluding hydrogens is 240 g/mol. The summed E-state index contributed by atoms with van der Waals surface area (Å²) in [6.07, 6.45) is 0. The summed E-state index contributed by atoms with van der Waals surface area (Å²) in [6, 6.07) is 1.91. The van der Waals surface area contributed by atoms with E-state index in [0.29, 0.717) is 6.54 Å². The van der Waals surface area contributed by atoms with Crippen molar-refractivity contribution in [3.05, 3.63) is 29.3 Å². The number of hydrazine groups is 1. The van der Waals surface area contributed by atoms with E-state index in [1.807, 2.05) is 19.3 Å². The molecule has 0 bridgehead atoms. The van der Waals surface area contributed by atoms with E-state index >= 15 is 0 Å². The van der Waals surface area contributed by atoms with E-state index in [4.69, 9.17) is 5.84 Å². The van der Waals surface area contributed by atoms with Crippen molar-refractivity contribution in [3.8, 4) is 0 Å². The number of rotatable bonds is 4. The Labute approximate surface area is 105 Å². The Kier molecular flexibility index (Phi) is 4.61. The van der Waals surface area contributed by atoms with Gasteiger partial charge in [0.2, 0.25) is 0 Å². The first-order valence-corrected chi connectivity index (χ1v) is 5.69. The molecule has 4 nitrogen and oxygen atoms in total. The van der Waals surface area contributed by atoms with E-state index in [0.717, 1.165) is 12.1 Å². The average molecular weight is 257 g/mol. The lowest BCUT2D eigenvalue weighted by atomic mass is 10.1. The van der Waals surface area contributed by atoms with Crippen molar-refractivity contribution in [1.82, 2.24) is 4.90 Å². The predicted octanol–water partition coefficient (Wildman–Crippen LogP) is 2.12. The Morgan fingerprint density at radius 2 is 1.89 bits per heavy atom. The quantitative estimate of drug-likeness (QED) is 0.641. The maximum Gasteiger partial charge on any atom is 0.254 e. The summed E-state index contributed by atoms with van der Waals surface area (Å²) in [5.74, 6) is 2.80. The van der Waals surface area contributed by atoms with Crippen LogP contribution in [0.5, 0.6) is 0 Å². The number of hydrogen-bond donors (Lipinski definition) is 2. The van der Waals surface area contributed by atoms with Crippen LogP contribution in [0.15, 0.2) is 12.1 Å². The fourth-order valence-corrected chi connectivity index (χ4v) is 1.74. The van der Waals surface area contributed by atoms with Crippen LogP contribution < -0.4 is 11.3 Å². The van der Waals surface area contributed by atoms with E-state index in [9.17, 15) is 13.6 Å². The van der Waals surface area contributed by atoms with Gasteiger partial charge >= 0.3 is 0 Å². The summed E-state index contributed by atoms with van der Waals surface area (Å²) in [7, 11) is 0. The molecule has 0 unspecified atom stereocenters. The second-order valence-electron chi connectivity index (χ2n) is 4.14. The first-order chi connectivity index (χ1) is 8.42. The Bertz CT molecular complexity index is 426. The maximum atomic E-state index is 13.5. The number of halogens is 2. The highest BCUT2D eigenvalue weighted by molar-refractivity contribution is 5.94. The molecule has 0 heterocycles. The van der Waals surface area contributed by atoms with Crippen LogP contribution in [0.1, 0.15) is 31.1 Å². The molecule has 1 amide bonds. The number of benzene rings is 1. The van der Waals surface area contributed by atoms with Crippen LogP contribution in [0.25, 0.3) is 0 Å². The van der Waals surface area contributed by atoms with Crippen molar-refractivity contribution in [2.45, 2.75) is 26.8 Å². The van der Waals surface area contributed by atoms with Crippen LogP contribution in [0.3, 0.4) is 0 Å². The smallest absolute Gasteiger partial charge is 0.254 e. The molecule has 18 heavy (non-hydrogen) atoms. The molecule has 0 radical (unpaired) electrons. The third kappa shape index (κ3) is 2.76. The molecule has 100 valence electrons. The van der Waals surface area contributed by atoms with Gasteiger partial charge < -0.3 is 10.3 Å². The van der Waals surface area contributed by atoms with Crippen LogP contribution in [0, 0.1) is 11.6 Å². The minimum Gasteiger partial charge on any atom is -0.336 e. The number of hydrogen-bond acceptors (Lipinski definition) is 3. The van der Waals surface area contributed by atoms with Crippen molar-refractivity contribution < 1.29 is 13.6 Å². The van der Waals surface area contributed by atoms with Gasteiger partial charge in [-0.25, -0.2) is 8.78 Å². The van der Waals surface area contributed by atoms with Crippen molar-refractivity contribution in [3.63, 3.8) is 0 Å². The van der Waals surface area contributed by atoms with E-state index in [1.165, 1.54) is 4.90 Å². The molecule has 0 aliphatic rings. The van der Waals surface area contributed by atoms with Crippen LogP contribution in [-0.2, 0) is 0 Å². The number of anilines is 1. The second kappa shape index (κ2) is 5.77. The Morgan fingerprint density at radius 1 is 1.39 bits per heavy atom. The van der Waals surface area contributed by atoms with Gasteiger partial charge in [0, 0.05) is 18.2 Å². The number of carbonyl (C=O) groups is 1. The number of nitrogens with two attached hydrogens (primary N) is 1. The monoisotopic (exact) mass is 257 g/mol. The van der Waals surface area contributed by atoms with Crippen molar-refractivity contribution >= 4 is 11.6 Å². The molecule has 0 atom stereocenters. The van der Waals surface area contributed by atoms with Gasteiger partial charge in [0.1, 0.15) is 5.69 Å². The lowest BCUT2D eigenvalue weighted by Gasteiger charge is -2.25. The topological polar surface area (TPSA) is 58.4 Å². The van der Waals surface area contributed by atoms with E-state index < -0.39 is 23.2 Å². The Hall–Kier alpha value is -1.69. The summed E-state index contributed by atoms with van der Waals surface area (Å²) in [6.45, 7) is 5.95. The highest BCUT2D eigenvalue weighted by Gasteiger charge is 2.20. The third-order valence-electron chi connectivity index (χ3n) is 2.66. The lowest BCUT2D eigenvalue weighted by molar-refractivity contribution is 0.0716. The number of nitrogens with one attached hydrogen (secondary N) is 1. The van der Waals surface area contributed by atoms with Crippen LogP contribution in [0.2, 0.25) is 0 Å². The number of nitrogen functional groups attached to an aromatic ring is 1. The normalized spacial score (nSPS) is 10.6. The molecule has 0 spiro atoms.